The van der Waals surface area contributed by atoms with E-state index in [1.54, 1.807) is 41.1 Å². The molecule has 0 aromatic rings. The highest BCUT2D eigenvalue weighted by Crippen LogP contribution is 2.39. The molecule has 0 aromatic carbocycles. The number of aldehydes is 1. The quantitative estimate of drug-likeness (QED) is 0.0916. The van der Waals surface area contributed by atoms with Crippen LogP contribution in [0.15, 0.2) is 47.6 Å². The maximum Gasteiger partial charge on any atom is 0.329 e. The number of esters is 1. The summed E-state index contributed by atoms with van der Waals surface area (Å²) in [5.41, 5.74) is 0.113. The normalized spacial score (nSPS) is 39.8. The second-order valence-electron chi connectivity index (χ2n) is 20.8. The fourth-order valence-electron chi connectivity index (χ4n) is 10.8. The molecule has 2 bridgehead atoms. The Kier molecular flexibility index (Phi) is 23.1. The minimum absolute atomic E-state index is 0.0118. The number of cyclic esters (lactones) is 1. The Hall–Kier alpha value is -3.41. The average molecular weight is 972 g/mol. The minimum atomic E-state index is -2.42. The van der Waals surface area contributed by atoms with Gasteiger partial charge in [0, 0.05) is 51.5 Å². The molecule has 4 rings (SSSR count). The topological polar surface area (TPSA) is 205 Å². The van der Waals surface area contributed by atoms with E-state index in [0.29, 0.717) is 56.9 Å². The molecular formula is C54H85NO14. The Labute approximate surface area is 411 Å². The molecule has 1 aliphatic carbocycles. The highest BCUT2D eigenvalue weighted by Gasteiger charge is 2.53. The van der Waals surface area contributed by atoms with E-state index in [9.17, 15) is 39.3 Å². The van der Waals surface area contributed by atoms with Crippen molar-refractivity contribution in [3.63, 3.8) is 0 Å². The molecule has 3 aliphatic heterocycles. The number of aliphatic hydroxyl groups excluding tert-OH is 2. The minimum Gasteiger partial charge on any atom is -0.461 e. The predicted octanol–water partition coefficient (Wildman–Crippen LogP) is 6.59. The van der Waals surface area contributed by atoms with Gasteiger partial charge in [0.1, 0.15) is 30.6 Å². The third-order valence-electron chi connectivity index (χ3n) is 15.2. The molecule has 15 heteroatoms. The lowest BCUT2D eigenvalue weighted by Crippen LogP contribution is -2.61. The van der Waals surface area contributed by atoms with Gasteiger partial charge in [-0.3, -0.25) is 14.4 Å². The van der Waals surface area contributed by atoms with Crippen molar-refractivity contribution in [2.75, 3.05) is 41.1 Å². The SMILES string of the molecule is CO[C@H]1C[C@@H]2CC[C@@H](C)[C@@](O)(O2)C(=O)C(=O)N2CCCC[C@H]2C(=O)O[C@H](C(C)C[C@@H]2CC[C@@H](OCCO)[C@H](OC)C2)CC[C@](C)(C=O)/C=C(\C)[C@@H](O)[C@@H](OC)C(=O)[C@H](C)C[C@H](C)/C=C/C=C/C=C/1C. The lowest BCUT2D eigenvalue weighted by molar-refractivity contribution is -0.265. The van der Waals surface area contributed by atoms with Crippen LogP contribution in [0.2, 0.25) is 0 Å². The summed E-state index contributed by atoms with van der Waals surface area (Å²) in [5, 5.41) is 33.0. The van der Waals surface area contributed by atoms with E-state index in [1.165, 1.54) is 12.0 Å². The van der Waals surface area contributed by atoms with Crippen molar-refractivity contribution < 1.29 is 67.7 Å². The highest BCUT2D eigenvalue weighted by atomic mass is 16.6. The summed E-state index contributed by atoms with van der Waals surface area (Å²) < 4.78 is 35.8. The summed E-state index contributed by atoms with van der Waals surface area (Å²) >= 11 is 0. The Morgan fingerprint density at radius 3 is 2.29 bits per heavy atom. The largest absolute Gasteiger partial charge is 0.461 e. The number of Topliss-reactive ketones (excluding diaryl/α,β-unsaturated/α-hetero) is 2. The molecule has 2 saturated heterocycles. The van der Waals surface area contributed by atoms with E-state index in [-0.39, 0.29) is 74.8 Å². The molecule has 69 heavy (non-hydrogen) atoms. The molecule has 1 saturated carbocycles. The van der Waals surface area contributed by atoms with Gasteiger partial charge in [-0.1, -0.05) is 64.2 Å². The summed E-state index contributed by atoms with van der Waals surface area (Å²) in [7, 11) is 4.61. The van der Waals surface area contributed by atoms with Crippen LogP contribution in [0.4, 0.5) is 0 Å². The van der Waals surface area contributed by atoms with Crippen LogP contribution in [-0.4, -0.2) is 146 Å². The van der Waals surface area contributed by atoms with Crippen LogP contribution >= 0.6 is 0 Å². The van der Waals surface area contributed by atoms with E-state index in [0.717, 1.165) is 24.7 Å². The zero-order valence-electron chi connectivity index (χ0n) is 43.1. The van der Waals surface area contributed by atoms with Gasteiger partial charge in [-0.25, -0.2) is 4.79 Å². The number of aliphatic hydroxyl groups is 3. The number of hydrogen-bond acceptors (Lipinski definition) is 14. The number of carbonyl (C=O) groups is 5. The van der Waals surface area contributed by atoms with Gasteiger partial charge < -0.3 is 53.4 Å². The molecule has 3 heterocycles. The average Bonchev–Trinajstić information content (AvgIpc) is 3.33. The van der Waals surface area contributed by atoms with Gasteiger partial charge in [0.25, 0.3) is 11.7 Å². The summed E-state index contributed by atoms with van der Waals surface area (Å²) in [5.74, 6) is -6.68. The van der Waals surface area contributed by atoms with E-state index in [4.69, 9.17) is 28.4 Å². The number of nitrogens with zero attached hydrogens (tertiary/aromatic N) is 1. The van der Waals surface area contributed by atoms with Crippen molar-refractivity contribution in [2.24, 2.45) is 35.0 Å². The molecule has 15 nitrogen and oxygen atoms in total. The van der Waals surface area contributed by atoms with Crippen molar-refractivity contribution in [2.45, 2.75) is 186 Å². The van der Waals surface area contributed by atoms with Gasteiger partial charge in [0.05, 0.1) is 37.6 Å². The van der Waals surface area contributed by atoms with Crippen LogP contribution in [0.1, 0.15) is 132 Å². The first kappa shape index (κ1) is 58.2. The molecular weight excluding hydrogens is 887 g/mol. The van der Waals surface area contributed by atoms with E-state index >= 15 is 0 Å². The number of rotatable bonds is 10. The van der Waals surface area contributed by atoms with Crippen molar-refractivity contribution in [3.8, 4) is 0 Å². The maximum atomic E-state index is 14.5. The first-order chi connectivity index (χ1) is 32.8. The van der Waals surface area contributed by atoms with Crippen molar-refractivity contribution in [1.29, 1.82) is 0 Å². The Morgan fingerprint density at radius 2 is 1.62 bits per heavy atom. The Morgan fingerprint density at radius 1 is 0.884 bits per heavy atom. The van der Waals surface area contributed by atoms with Crippen LogP contribution in [0.3, 0.4) is 0 Å². The monoisotopic (exact) mass is 972 g/mol. The second kappa shape index (κ2) is 27.4. The summed E-state index contributed by atoms with van der Waals surface area (Å²) in [6.45, 7) is 13.0. The molecule has 390 valence electrons. The van der Waals surface area contributed by atoms with Gasteiger partial charge in [0.2, 0.25) is 5.79 Å². The lowest BCUT2D eigenvalue weighted by Gasteiger charge is -2.43. The molecule has 0 radical (unpaired) electrons. The summed E-state index contributed by atoms with van der Waals surface area (Å²) in [6, 6.07) is -1.10. The molecule has 3 N–H and O–H groups in total. The fourth-order valence-corrected chi connectivity index (χ4v) is 10.8. The Bertz CT molecular complexity index is 1830. The molecule has 1 amide bonds. The third kappa shape index (κ3) is 15.8. The number of carbonyl (C=O) groups excluding carboxylic acids is 5. The number of ether oxygens (including phenoxy) is 6. The van der Waals surface area contributed by atoms with E-state index in [2.05, 4.69) is 0 Å². The fraction of sp³-hybridized carbons (Fsp3) is 0.759. The molecule has 15 atom stereocenters. The molecule has 0 spiro atoms. The van der Waals surface area contributed by atoms with E-state index in [1.807, 2.05) is 58.1 Å². The molecule has 3 fully saturated rings. The number of fused-ring (bicyclic) bond motifs is 3. The molecule has 0 aromatic heterocycles. The Balaban J connectivity index is 1.72. The van der Waals surface area contributed by atoms with Crippen molar-refractivity contribution >= 4 is 29.7 Å². The van der Waals surface area contributed by atoms with Crippen LogP contribution in [0.25, 0.3) is 0 Å². The maximum absolute atomic E-state index is 14.5. The molecule has 4 aliphatic rings. The van der Waals surface area contributed by atoms with E-state index < -0.39 is 77.3 Å². The predicted molar refractivity (Wildman–Crippen MR) is 261 cm³/mol. The van der Waals surface area contributed by atoms with Gasteiger partial charge in [-0.2, -0.15) is 0 Å². The first-order valence-corrected chi connectivity index (χ1v) is 25.4. The smallest absolute Gasteiger partial charge is 0.329 e. The van der Waals surface area contributed by atoms with Crippen molar-refractivity contribution in [3.05, 3.63) is 47.6 Å². The zero-order valence-corrected chi connectivity index (χ0v) is 43.1. The first-order valence-electron chi connectivity index (χ1n) is 25.4. The number of methoxy groups -OCH3 is 3. The zero-order chi connectivity index (χ0) is 51.1. The number of amides is 1. The van der Waals surface area contributed by atoms with Gasteiger partial charge >= 0.3 is 5.97 Å². The van der Waals surface area contributed by atoms with Crippen LogP contribution in [0, 0.1) is 35.0 Å². The number of piperidine rings is 1. The van der Waals surface area contributed by atoms with Gasteiger partial charge in [-0.15, -0.1) is 0 Å². The summed E-state index contributed by atoms with van der Waals surface area (Å²) in [6.07, 6.45) is 13.9. The lowest BCUT2D eigenvalue weighted by atomic mass is 9.77. The van der Waals surface area contributed by atoms with Gasteiger partial charge in [0.15, 0.2) is 5.78 Å². The second-order valence-corrected chi connectivity index (χ2v) is 20.8. The van der Waals surface area contributed by atoms with Crippen LogP contribution in [-0.2, 0) is 52.4 Å². The standard InChI is InChI=1S/C54H85NO14/c1-34-16-12-11-13-17-35(2)45(64-8)31-41-21-19-39(6)54(63,69-41)50(60)51(61)55-25-15-14-18-42(55)52(62)68-43(36(3)29-40-20-22-44(67-27-26-56)46(30-40)65-9)23-24-53(7,33-57)32-38(5)48(59)49(66-10)47(58)37(4)28-34/h11-13,16-17,32-34,36-37,39-46,48-49,56,59,63H,14-15,18-31H2,1-10H3/b13-11+,16-12+,35-17+,38-32+/t34-,36?,37-,39-,40+,41+,42+,43+,44-,45+,46-,48-,49+,53+,54-/m1/s1. The highest BCUT2D eigenvalue weighted by molar-refractivity contribution is 6.39. The van der Waals surface area contributed by atoms with Crippen LogP contribution in [0.5, 0.6) is 0 Å². The van der Waals surface area contributed by atoms with Crippen LogP contribution < -0.4 is 0 Å². The number of hydrogen-bond donors (Lipinski definition) is 3. The molecule has 1 unspecified atom stereocenters. The summed E-state index contributed by atoms with van der Waals surface area (Å²) in [4.78, 5) is 71.2. The van der Waals surface area contributed by atoms with Crippen molar-refractivity contribution in [1.82, 2.24) is 4.90 Å². The number of ketones is 2. The van der Waals surface area contributed by atoms with Gasteiger partial charge in [-0.05, 0) is 127 Å². The number of allylic oxidation sites excluding steroid dienone is 6. The third-order valence-corrected chi connectivity index (χ3v) is 15.2.